The number of likely N-dealkylation sites (N-methyl/N-ethyl adjacent to an activating group) is 1. The summed E-state index contributed by atoms with van der Waals surface area (Å²) in [5.74, 6) is -0.239. The van der Waals surface area contributed by atoms with E-state index in [9.17, 15) is 18.3 Å². The van der Waals surface area contributed by atoms with Crippen molar-refractivity contribution >= 4 is 27.3 Å². The number of aryl methyl sites for hydroxylation is 1. The molecule has 0 unspecified atom stereocenters. The third-order valence-electron chi connectivity index (χ3n) is 5.74. The third-order valence-corrected chi connectivity index (χ3v) is 8.93. The fourth-order valence-corrected chi connectivity index (χ4v) is 6.05. The molecule has 12 heteroatoms. The number of hydrogen-bond acceptors (Lipinski definition) is 8. The molecule has 0 radical (unpaired) electrons. The van der Waals surface area contributed by atoms with Gasteiger partial charge in [-0.25, -0.2) is 13.1 Å². The number of thiophene rings is 1. The van der Waals surface area contributed by atoms with Crippen LogP contribution in [0.1, 0.15) is 32.4 Å². The molecule has 3 heterocycles. The van der Waals surface area contributed by atoms with Crippen LogP contribution in [0.5, 0.6) is 0 Å². The fraction of sp³-hybridized carbons (Fsp3) is 0.650. The van der Waals surface area contributed by atoms with Crippen molar-refractivity contribution in [3.8, 4) is 0 Å². The van der Waals surface area contributed by atoms with Crippen LogP contribution in [0.4, 0.5) is 0 Å². The summed E-state index contributed by atoms with van der Waals surface area (Å²) in [5.41, 5.74) is 0.777. The lowest BCUT2D eigenvalue weighted by molar-refractivity contribution is -0.136. The first-order valence-electron chi connectivity index (χ1n) is 10.6. The van der Waals surface area contributed by atoms with E-state index < -0.39 is 16.1 Å². The predicted octanol–water partition coefficient (Wildman–Crippen LogP) is 1.18. The Kier molecular flexibility index (Phi) is 8.39. The van der Waals surface area contributed by atoms with Gasteiger partial charge >= 0.3 is 0 Å². The number of aromatic nitrogens is 3. The second-order valence-corrected chi connectivity index (χ2v) is 11.4. The topological polar surface area (TPSA) is 118 Å². The Bertz CT molecular complexity index is 978. The average molecular weight is 486 g/mol. The van der Waals surface area contributed by atoms with Crippen molar-refractivity contribution in [3.05, 3.63) is 29.4 Å². The van der Waals surface area contributed by atoms with Crippen molar-refractivity contribution in [2.24, 2.45) is 5.92 Å². The first-order valence-corrected chi connectivity index (χ1v) is 12.9. The molecule has 1 amide bonds. The zero-order chi connectivity index (χ0) is 23.3. The number of rotatable bonds is 6. The molecule has 2 aromatic heterocycles. The van der Waals surface area contributed by atoms with Gasteiger partial charge in [-0.2, -0.15) is 4.31 Å². The molecule has 0 spiro atoms. The molecule has 0 bridgehead atoms. The summed E-state index contributed by atoms with van der Waals surface area (Å²) in [6.07, 6.45) is 2.07. The van der Waals surface area contributed by atoms with Crippen LogP contribution < -0.4 is 0 Å². The number of fused-ring (bicyclic) bond motifs is 1. The van der Waals surface area contributed by atoms with E-state index in [1.807, 2.05) is 6.92 Å². The van der Waals surface area contributed by atoms with Gasteiger partial charge < -0.3 is 14.7 Å². The molecule has 0 saturated heterocycles. The molecule has 0 saturated carbocycles. The molecule has 0 fully saturated rings. The quantitative estimate of drug-likeness (QED) is 0.653. The fourth-order valence-electron chi connectivity index (χ4n) is 3.66. The van der Waals surface area contributed by atoms with Crippen LogP contribution in [0.25, 0.3) is 0 Å². The summed E-state index contributed by atoms with van der Waals surface area (Å²) in [6, 6.07) is 2.94. The Hall–Kier alpha value is -1.86. The average Bonchev–Trinajstić information content (AvgIpc) is 3.45. The standard InChI is InChI=1S/C20H31N5O5S2/c1-15-11-24(16(2)13-26)19(27)6-4-8-25-17(10-21-22-25)14-30-18(15)12-23(3)32(28,29)20-7-5-9-31-20/h5,7,9-10,15-16,18,26H,4,6,8,11-14H2,1-3H3/t15-,16+,18+/m0/s1. The van der Waals surface area contributed by atoms with Crippen LogP contribution in [0.2, 0.25) is 0 Å². The summed E-state index contributed by atoms with van der Waals surface area (Å²) in [4.78, 5) is 14.6. The highest BCUT2D eigenvalue weighted by Crippen LogP contribution is 2.23. The summed E-state index contributed by atoms with van der Waals surface area (Å²) in [6.45, 7) is 4.83. The second kappa shape index (κ2) is 10.8. The second-order valence-electron chi connectivity index (χ2n) is 8.17. The number of carbonyl (C=O) groups excluding carboxylic acids is 1. The Labute approximate surface area is 192 Å². The zero-order valence-corrected chi connectivity index (χ0v) is 20.3. The lowest BCUT2D eigenvalue weighted by atomic mass is 10.0. The molecule has 178 valence electrons. The lowest BCUT2D eigenvalue weighted by Gasteiger charge is -2.35. The largest absolute Gasteiger partial charge is 0.394 e. The molecular weight excluding hydrogens is 454 g/mol. The first kappa shape index (κ1) is 24.8. The molecule has 1 N–H and O–H groups in total. The number of hydrogen-bond donors (Lipinski definition) is 1. The minimum absolute atomic E-state index is 0.0565. The number of nitrogens with zero attached hydrogens (tertiary/aromatic N) is 5. The monoisotopic (exact) mass is 485 g/mol. The van der Waals surface area contributed by atoms with Crippen molar-refractivity contribution in [2.45, 2.75) is 56.2 Å². The number of sulfonamides is 1. The van der Waals surface area contributed by atoms with E-state index in [1.54, 1.807) is 40.2 Å². The molecule has 3 rings (SSSR count). The van der Waals surface area contributed by atoms with Crippen LogP contribution >= 0.6 is 11.3 Å². The zero-order valence-electron chi connectivity index (χ0n) is 18.6. The molecule has 1 aliphatic rings. The number of aliphatic hydroxyl groups excluding tert-OH is 1. The molecule has 0 aromatic carbocycles. The van der Waals surface area contributed by atoms with Gasteiger partial charge in [-0.3, -0.25) is 4.79 Å². The lowest BCUT2D eigenvalue weighted by Crippen LogP contribution is -2.47. The van der Waals surface area contributed by atoms with Crippen LogP contribution in [-0.4, -0.2) is 82.5 Å². The maximum atomic E-state index is 12.9. The maximum absolute atomic E-state index is 12.9. The van der Waals surface area contributed by atoms with E-state index >= 15 is 0 Å². The van der Waals surface area contributed by atoms with Crippen LogP contribution in [0.15, 0.2) is 27.9 Å². The van der Waals surface area contributed by atoms with E-state index in [4.69, 9.17) is 4.74 Å². The molecule has 3 atom stereocenters. The van der Waals surface area contributed by atoms with Gasteiger partial charge in [0.15, 0.2) is 0 Å². The van der Waals surface area contributed by atoms with Crippen molar-refractivity contribution in [1.82, 2.24) is 24.2 Å². The van der Waals surface area contributed by atoms with Crippen molar-refractivity contribution < 1.29 is 23.1 Å². The van der Waals surface area contributed by atoms with Gasteiger partial charge in [0.1, 0.15) is 4.21 Å². The smallest absolute Gasteiger partial charge is 0.252 e. The van der Waals surface area contributed by atoms with E-state index in [1.165, 1.54) is 22.7 Å². The molecule has 0 aliphatic carbocycles. The van der Waals surface area contributed by atoms with Crippen LogP contribution in [0, 0.1) is 5.92 Å². The Balaban J connectivity index is 1.86. The highest BCUT2D eigenvalue weighted by molar-refractivity contribution is 7.91. The van der Waals surface area contributed by atoms with Gasteiger partial charge in [-0.05, 0) is 24.8 Å². The Morgan fingerprint density at radius 3 is 2.91 bits per heavy atom. The summed E-state index contributed by atoms with van der Waals surface area (Å²) in [5, 5.41) is 19.4. The molecule has 10 nitrogen and oxygen atoms in total. The molecular formula is C20H31N5O5S2. The molecule has 1 aliphatic heterocycles. The van der Waals surface area contributed by atoms with E-state index in [2.05, 4.69) is 10.3 Å². The summed E-state index contributed by atoms with van der Waals surface area (Å²) >= 11 is 1.17. The Morgan fingerprint density at radius 1 is 1.44 bits per heavy atom. The van der Waals surface area contributed by atoms with Gasteiger partial charge in [-0.15, -0.1) is 16.4 Å². The highest BCUT2D eigenvalue weighted by atomic mass is 32.2. The number of aliphatic hydroxyl groups is 1. The predicted molar refractivity (Wildman–Crippen MR) is 119 cm³/mol. The van der Waals surface area contributed by atoms with Gasteiger partial charge in [-0.1, -0.05) is 18.2 Å². The number of amides is 1. The van der Waals surface area contributed by atoms with Crippen molar-refractivity contribution in [1.29, 1.82) is 0 Å². The number of carbonyl (C=O) groups is 1. The number of ether oxygens (including phenoxy) is 1. The van der Waals surface area contributed by atoms with Gasteiger partial charge in [0.05, 0.1) is 37.3 Å². The Morgan fingerprint density at radius 2 is 2.22 bits per heavy atom. The first-order chi connectivity index (χ1) is 15.2. The minimum Gasteiger partial charge on any atom is -0.394 e. The minimum atomic E-state index is -3.64. The maximum Gasteiger partial charge on any atom is 0.252 e. The van der Waals surface area contributed by atoms with Crippen LogP contribution in [0.3, 0.4) is 0 Å². The van der Waals surface area contributed by atoms with Gasteiger partial charge in [0, 0.05) is 39.0 Å². The van der Waals surface area contributed by atoms with Crippen molar-refractivity contribution in [2.75, 3.05) is 26.7 Å². The van der Waals surface area contributed by atoms with E-state index in [0.29, 0.717) is 25.9 Å². The normalized spacial score (nSPS) is 22.3. The molecule has 32 heavy (non-hydrogen) atoms. The van der Waals surface area contributed by atoms with Crippen molar-refractivity contribution in [3.63, 3.8) is 0 Å². The summed E-state index contributed by atoms with van der Waals surface area (Å²) in [7, 11) is -2.11. The van der Waals surface area contributed by atoms with E-state index in [0.717, 1.165) is 5.69 Å². The van der Waals surface area contributed by atoms with Gasteiger partial charge in [0.25, 0.3) is 10.0 Å². The van der Waals surface area contributed by atoms with E-state index in [-0.39, 0.29) is 41.8 Å². The van der Waals surface area contributed by atoms with Crippen LogP contribution in [-0.2, 0) is 32.7 Å². The summed E-state index contributed by atoms with van der Waals surface area (Å²) < 4.78 is 35.3. The SMILES string of the molecule is C[C@H](CO)N1C[C@H](C)[C@@H](CN(C)S(=O)(=O)c2cccs2)OCc2cnnn2CCCC1=O. The molecule has 2 aromatic rings. The highest BCUT2D eigenvalue weighted by Gasteiger charge is 2.31. The third kappa shape index (κ3) is 5.73. The van der Waals surface area contributed by atoms with Gasteiger partial charge in [0.2, 0.25) is 5.91 Å².